The van der Waals surface area contributed by atoms with E-state index in [1.807, 2.05) is 36.4 Å². The van der Waals surface area contributed by atoms with Crippen molar-refractivity contribution in [1.29, 1.82) is 10.5 Å². The number of allylic oxidation sites excluding steroid dienone is 5. The second-order valence-electron chi connectivity index (χ2n) is 8.42. The normalized spacial score (nSPS) is 12.2. The summed E-state index contributed by atoms with van der Waals surface area (Å²) in [6, 6.07) is 15.1. The maximum atomic E-state index is 8.63. The molecule has 0 aliphatic heterocycles. The smallest absolute Gasteiger partial charge is 0.292 e. The summed E-state index contributed by atoms with van der Waals surface area (Å²) in [5.41, 5.74) is 3.95. The van der Waals surface area contributed by atoms with Gasteiger partial charge in [0.25, 0.3) is 12.5 Å². The van der Waals surface area contributed by atoms with Crippen molar-refractivity contribution in [3.63, 3.8) is 0 Å². The maximum absolute atomic E-state index is 8.63. The highest BCUT2D eigenvalue weighted by molar-refractivity contribution is 5.43. The molecule has 158 valence electrons. The topological polar surface area (TPSA) is 66.0 Å². The van der Waals surface area contributed by atoms with Crippen molar-refractivity contribution in [2.75, 3.05) is 0 Å². The van der Waals surface area contributed by atoms with Gasteiger partial charge in [0, 0.05) is 10.8 Å². The molecule has 2 aromatic carbocycles. The van der Waals surface area contributed by atoms with Gasteiger partial charge >= 0.3 is 0 Å². The van der Waals surface area contributed by atoms with Crippen LogP contribution in [-0.4, -0.2) is 0 Å². The van der Waals surface area contributed by atoms with Gasteiger partial charge in [0.15, 0.2) is 0 Å². The minimum Gasteiger partial charge on any atom is -0.388 e. The molecule has 0 atom stereocenters. The third kappa shape index (κ3) is 5.65. The van der Waals surface area contributed by atoms with Crippen LogP contribution in [-0.2, 0) is 10.8 Å². The molecular weight excluding hydrogens is 384 g/mol. The number of nitrogens with zero attached hydrogens (tertiary/aromatic N) is 2. The molecule has 31 heavy (non-hydrogen) atoms. The van der Waals surface area contributed by atoms with Crippen LogP contribution in [0.2, 0.25) is 0 Å². The van der Waals surface area contributed by atoms with E-state index >= 15 is 0 Å². The van der Waals surface area contributed by atoms with Crippen molar-refractivity contribution < 1.29 is 9.47 Å². The van der Waals surface area contributed by atoms with Gasteiger partial charge in [-0.1, -0.05) is 82.3 Å². The van der Waals surface area contributed by atoms with Crippen molar-refractivity contribution >= 4 is 0 Å². The van der Waals surface area contributed by atoms with E-state index in [0.29, 0.717) is 11.5 Å². The molecule has 0 unspecified atom stereocenters. The van der Waals surface area contributed by atoms with E-state index in [-0.39, 0.29) is 10.8 Å². The van der Waals surface area contributed by atoms with Crippen molar-refractivity contribution in [3.8, 4) is 24.0 Å². The molecule has 0 spiro atoms. The molecule has 0 fully saturated rings. The molecule has 2 aromatic rings. The second-order valence-corrected chi connectivity index (χ2v) is 8.42. The first-order chi connectivity index (χ1) is 14.6. The average molecular weight is 413 g/mol. The fraction of sp³-hybridized carbons (Fsp3) is 0.259. The molecule has 0 heterocycles. The Morgan fingerprint density at radius 2 is 1.23 bits per heavy atom. The summed E-state index contributed by atoms with van der Waals surface area (Å²) in [7, 11) is 0. The molecule has 0 bridgehead atoms. The zero-order chi connectivity index (χ0) is 23.1. The zero-order valence-corrected chi connectivity index (χ0v) is 18.8. The molecule has 0 aliphatic rings. The van der Waals surface area contributed by atoms with E-state index in [4.69, 9.17) is 20.0 Å². The van der Waals surface area contributed by atoms with Crippen molar-refractivity contribution in [2.24, 2.45) is 0 Å². The largest absolute Gasteiger partial charge is 0.388 e. The maximum Gasteiger partial charge on any atom is 0.292 e. The van der Waals surface area contributed by atoms with E-state index in [0.717, 1.165) is 16.7 Å². The highest BCUT2D eigenvalue weighted by Crippen LogP contribution is 2.34. The molecular formula is C27H28N2O2. The first-order valence-corrected chi connectivity index (χ1v) is 10.0. The van der Waals surface area contributed by atoms with E-state index in [1.165, 1.54) is 5.57 Å². The lowest BCUT2D eigenvalue weighted by molar-refractivity contribution is 0.505. The summed E-state index contributed by atoms with van der Waals surface area (Å²) in [5, 5.41) is 17.3. The summed E-state index contributed by atoms with van der Waals surface area (Å²) in [6.45, 7) is 14.9. The molecule has 0 saturated heterocycles. The van der Waals surface area contributed by atoms with Gasteiger partial charge in [-0.2, -0.15) is 0 Å². The summed E-state index contributed by atoms with van der Waals surface area (Å²) in [5.74, 6) is 1.06. The third-order valence-electron chi connectivity index (χ3n) is 5.91. The standard InChI is InChI=1S/C27H28N2O2/c1-20(26(3,4)22-10-14-24(15-11-22)30-18-28)8-7-9-21(2)27(5,6)23-12-16-25(17-13-23)31-19-29/h7-17H,1H2,2-6H3/b8-7-,21-9+. The van der Waals surface area contributed by atoms with Crippen LogP contribution in [0.5, 0.6) is 11.5 Å². The lowest BCUT2D eigenvalue weighted by Crippen LogP contribution is -2.19. The van der Waals surface area contributed by atoms with Crippen LogP contribution in [0.4, 0.5) is 0 Å². The van der Waals surface area contributed by atoms with Crippen LogP contribution in [0.3, 0.4) is 0 Å². The van der Waals surface area contributed by atoms with E-state index in [2.05, 4.69) is 47.3 Å². The lowest BCUT2D eigenvalue weighted by atomic mass is 9.77. The fourth-order valence-electron chi connectivity index (χ4n) is 3.12. The van der Waals surface area contributed by atoms with Crippen molar-refractivity contribution in [1.82, 2.24) is 0 Å². The van der Waals surface area contributed by atoms with Crippen LogP contribution in [0, 0.1) is 23.0 Å². The van der Waals surface area contributed by atoms with Gasteiger partial charge in [-0.15, -0.1) is 10.5 Å². The molecule has 0 radical (unpaired) electrons. The van der Waals surface area contributed by atoms with Gasteiger partial charge < -0.3 is 9.47 Å². The lowest BCUT2D eigenvalue weighted by Gasteiger charge is -2.27. The monoisotopic (exact) mass is 412 g/mol. The SMILES string of the molecule is C=C(/C=C\C=C(/C)C(C)(C)c1ccc(OC#N)cc1)C(C)(C)c1ccc(OC#N)cc1. The van der Waals surface area contributed by atoms with E-state index < -0.39 is 0 Å². The minimum absolute atomic E-state index is 0.178. The first-order valence-electron chi connectivity index (χ1n) is 10.0. The molecule has 0 aromatic heterocycles. The second kappa shape index (κ2) is 9.83. The quantitative estimate of drug-likeness (QED) is 0.356. The van der Waals surface area contributed by atoms with Crippen molar-refractivity contribution in [3.05, 3.63) is 95.6 Å². The van der Waals surface area contributed by atoms with Crippen LogP contribution < -0.4 is 9.47 Å². The number of nitriles is 2. The van der Waals surface area contributed by atoms with Gasteiger partial charge in [-0.25, -0.2) is 0 Å². The summed E-state index contributed by atoms with van der Waals surface area (Å²) in [4.78, 5) is 0. The number of ether oxygens (including phenoxy) is 2. The third-order valence-corrected chi connectivity index (χ3v) is 5.91. The summed E-state index contributed by atoms with van der Waals surface area (Å²) >= 11 is 0. The first kappa shape index (κ1) is 23.5. The minimum atomic E-state index is -0.268. The number of hydrogen-bond acceptors (Lipinski definition) is 4. The predicted octanol–water partition coefficient (Wildman–Crippen LogP) is 6.72. The van der Waals surface area contributed by atoms with Crippen LogP contribution in [0.15, 0.2) is 84.5 Å². The van der Waals surface area contributed by atoms with Crippen LogP contribution in [0.25, 0.3) is 0 Å². The Labute approximate surface area is 185 Å². The Morgan fingerprint density at radius 3 is 1.65 bits per heavy atom. The van der Waals surface area contributed by atoms with E-state index in [1.54, 1.807) is 36.8 Å². The Morgan fingerprint density at radius 1 is 0.806 bits per heavy atom. The van der Waals surface area contributed by atoms with E-state index in [9.17, 15) is 0 Å². The number of benzene rings is 2. The molecule has 0 saturated carbocycles. The molecule has 2 rings (SSSR count). The fourth-order valence-corrected chi connectivity index (χ4v) is 3.12. The van der Waals surface area contributed by atoms with Gasteiger partial charge in [0.1, 0.15) is 11.5 Å². The van der Waals surface area contributed by atoms with Gasteiger partial charge in [0.05, 0.1) is 0 Å². The molecule has 0 N–H and O–H groups in total. The average Bonchev–Trinajstić information content (AvgIpc) is 2.74. The summed E-state index contributed by atoms with van der Waals surface area (Å²) in [6.07, 6.45) is 9.53. The molecule has 4 heteroatoms. The highest BCUT2D eigenvalue weighted by atomic mass is 16.5. The predicted molar refractivity (Wildman–Crippen MR) is 123 cm³/mol. The molecule has 4 nitrogen and oxygen atoms in total. The Hall–Kier alpha value is -3.76. The van der Waals surface area contributed by atoms with Gasteiger partial charge in [-0.05, 0) is 47.9 Å². The van der Waals surface area contributed by atoms with Crippen LogP contribution in [0.1, 0.15) is 45.7 Å². The Balaban J connectivity index is 2.14. The Bertz CT molecular complexity index is 1060. The molecule has 0 aliphatic carbocycles. The van der Waals surface area contributed by atoms with Gasteiger partial charge in [0.2, 0.25) is 0 Å². The number of hydrogen-bond donors (Lipinski definition) is 0. The van der Waals surface area contributed by atoms with Gasteiger partial charge in [-0.3, -0.25) is 0 Å². The highest BCUT2D eigenvalue weighted by Gasteiger charge is 2.24. The van der Waals surface area contributed by atoms with Crippen LogP contribution >= 0.6 is 0 Å². The zero-order valence-electron chi connectivity index (χ0n) is 18.8. The Kier molecular flexibility index (Phi) is 7.46. The summed E-state index contributed by atoms with van der Waals surface area (Å²) < 4.78 is 9.71. The van der Waals surface area contributed by atoms with Crippen molar-refractivity contribution in [2.45, 2.75) is 45.4 Å². The molecule has 0 amide bonds. The number of rotatable bonds is 8.